The molecule has 200 valence electrons. The Labute approximate surface area is 224 Å². The van der Waals surface area contributed by atoms with Gasteiger partial charge in [-0.25, -0.2) is 0 Å². The third-order valence-corrected chi connectivity index (χ3v) is 8.24. The molecular weight excluding hydrogens is 478 g/mol. The van der Waals surface area contributed by atoms with Crippen molar-refractivity contribution in [3.05, 3.63) is 54.7 Å². The number of ether oxygens (including phenoxy) is 3. The highest BCUT2D eigenvalue weighted by molar-refractivity contribution is 5.92. The number of rotatable bonds is 9. The summed E-state index contributed by atoms with van der Waals surface area (Å²) in [5.74, 6) is 1.71. The van der Waals surface area contributed by atoms with Gasteiger partial charge in [-0.2, -0.15) is 0 Å². The molecule has 7 heteroatoms. The number of hydrogen-bond donors (Lipinski definition) is 0. The number of hydrogen-bond acceptors (Lipinski definition) is 7. The smallest absolute Gasteiger partial charge is 0.177 e. The Bertz CT molecular complexity index is 1230. The lowest BCUT2D eigenvalue weighted by Gasteiger charge is -2.40. The van der Waals surface area contributed by atoms with Crippen molar-refractivity contribution >= 4 is 17.2 Å². The fourth-order valence-electron chi connectivity index (χ4n) is 6.10. The zero-order chi connectivity index (χ0) is 25.8. The molecule has 1 unspecified atom stereocenters. The van der Waals surface area contributed by atoms with Crippen LogP contribution < -0.4 is 9.47 Å². The average molecular weight is 516 g/mol. The molecule has 0 N–H and O–H groups in total. The maximum atomic E-state index is 11.8. The molecule has 0 aliphatic carbocycles. The largest absolute Gasteiger partial charge is 0.490 e. The zero-order valence-corrected chi connectivity index (χ0v) is 22.0. The van der Waals surface area contributed by atoms with Gasteiger partial charge in [0.15, 0.2) is 17.8 Å². The van der Waals surface area contributed by atoms with E-state index < -0.39 is 5.72 Å². The first-order valence-corrected chi connectivity index (χ1v) is 14.1. The molecule has 3 aromatic rings. The molecule has 0 bridgehead atoms. The first-order valence-electron chi connectivity index (χ1n) is 14.1. The standard InChI is InChI=1S/C31H37N3O4/c35-23-31(14-4-21-37-31)34-18-12-27(13-19-34)38-26-9-6-24(7-10-26)28-11-8-25-5-3-15-32-29(25)30(28)36-22-20-33-16-1-2-17-33/h3,5-11,15,23,27H,1-2,4,12-14,16-22H2. The van der Waals surface area contributed by atoms with Crippen molar-refractivity contribution in [2.45, 2.75) is 50.4 Å². The zero-order valence-electron chi connectivity index (χ0n) is 22.0. The highest BCUT2D eigenvalue weighted by Crippen LogP contribution is 2.37. The highest BCUT2D eigenvalue weighted by atomic mass is 16.5. The number of aromatic nitrogens is 1. The van der Waals surface area contributed by atoms with E-state index in [0.29, 0.717) is 13.2 Å². The Morgan fingerprint density at radius 1 is 1.00 bits per heavy atom. The molecule has 3 aliphatic rings. The quantitative estimate of drug-likeness (QED) is 0.375. The summed E-state index contributed by atoms with van der Waals surface area (Å²) in [4.78, 5) is 21.1. The molecule has 3 fully saturated rings. The average Bonchev–Trinajstić information content (AvgIpc) is 3.67. The van der Waals surface area contributed by atoms with E-state index in [1.165, 1.54) is 12.8 Å². The van der Waals surface area contributed by atoms with E-state index in [1.54, 1.807) is 0 Å². The number of carbonyl (C=O) groups excluding carboxylic acids is 1. The third kappa shape index (κ3) is 5.28. The molecule has 0 amide bonds. The van der Waals surface area contributed by atoms with E-state index >= 15 is 0 Å². The first-order chi connectivity index (χ1) is 18.7. The second-order valence-corrected chi connectivity index (χ2v) is 10.7. The number of carbonyl (C=O) groups is 1. The molecule has 3 aliphatic heterocycles. The number of fused-ring (bicyclic) bond motifs is 1. The third-order valence-electron chi connectivity index (χ3n) is 8.24. The molecule has 7 nitrogen and oxygen atoms in total. The number of nitrogens with zero attached hydrogens (tertiary/aromatic N) is 3. The lowest BCUT2D eigenvalue weighted by Crippen LogP contribution is -2.54. The van der Waals surface area contributed by atoms with Crippen LogP contribution in [0.5, 0.6) is 11.5 Å². The van der Waals surface area contributed by atoms with E-state index in [9.17, 15) is 4.79 Å². The lowest BCUT2D eigenvalue weighted by atomic mass is 10.0. The van der Waals surface area contributed by atoms with Crippen LogP contribution in [0.25, 0.3) is 22.0 Å². The van der Waals surface area contributed by atoms with Gasteiger partial charge in [-0.3, -0.25) is 19.6 Å². The molecule has 6 rings (SSSR count). The summed E-state index contributed by atoms with van der Waals surface area (Å²) in [7, 11) is 0. The summed E-state index contributed by atoms with van der Waals surface area (Å²) < 4.78 is 18.6. The second kappa shape index (κ2) is 11.4. The van der Waals surface area contributed by atoms with Crippen LogP contribution in [0.15, 0.2) is 54.7 Å². The highest BCUT2D eigenvalue weighted by Gasteiger charge is 2.42. The molecule has 4 heterocycles. The van der Waals surface area contributed by atoms with E-state index in [1.807, 2.05) is 24.4 Å². The summed E-state index contributed by atoms with van der Waals surface area (Å²) >= 11 is 0. The van der Waals surface area contributed by atoms with Gasteiger partial charge in [0.25, 0.3) is 0 Å². The van der Waals surface area contributed by atoms with E-state index in [-0.39, 0.29) is 6.10 Å². The fraction of sp³-hybridized carbons (Fsp3) is 0.484. The van der Waals surface area contributed by atoms with Gasteiger partial charge in [-0.15, -0.1) is 0 Å². The van der Waals surface area contributed by atoms with Crippen LogP contribution in [0.4, 0.5) is 0 Å². The van der Waals surface area contributed by atoms with Crippen LogP contribution in [-0.4, -0.2) is 78.8 Å². The monoisotopic (exact) mass is 515 g/mol. The Hall–Kier alpha value is -3.00. The Morgan fingerprint density at radius 2 is 1.82 bits per heavy atom. The first kappa shape index (κ1) is 25.3. The molecule has 1 atom stereocenters. The molecule has 3 saturated heterocycles. The number of benzene rings is 2. The molecular formula is C31H37N3O4. The van der Waals surface area contributed by atoms with Crippen molar-refractivity contribution in [3.8, 4) is 22.6 Å². The van der Waals surface area contributed by atoms with Crippen LogP contribution >= 0.6 is 0 Å². The minimum atomic E-state index is -0.713. The maximum Gasteiger partial charge on any atom is 0.177 e. The molecule has 38 heavy (non-hydrogen) atoms. The van der Waals surface area contributed by atoms with Crippen LogP contribution in [0.1, 0.15) is 38.5 Å². The van der Waals surface area contributed by atoms with Crippen molar-refractivity contribution < 1.29 is 19.0 Å². The fourth-order valence-corrected chi connectivity index (χ4v) is 6.10. The van der Waals surface area contributed by atoms with E-state index in [2.05, 4.69) is 45.1 Å². The van der Waals surface area contributed by atoms with Gasteiger partial charge in [-0.05, 0) is 81.4 Å². The van der Waals surface area contributed by atoms with Gasteiger partial charge in [0.05, 0.1) is 0 Å². The van der Waals surface area contributed by atoms with Gasteiger partial charge in [0.1, 0.15) is 24.0 Å². The lowest BCUT2D eigenvalue weighted by molar-refractivity contribution is -0.156. The van der Waals surface area contributed by atoms with Gasteiger partial charge >= 0.3 is 0 Å². The number of aldehydes is 1. The SMILES string of the molecule is O=CC1(N2CCC(Oc3ccc(-c4ccc5cccnc5c4OCCN4CCCC4)cc3)CC2)CCCO1. The number of pyridine rings is 1. The van der Waals surface area contributed by atoms with Crippen LogP contribution in [0.2, 0.25) is 0 Å². The van der Waals surface area contributed by atoms with Crippen molar-refractivity contribution in [2.24, 2.45) is 0 Å². The minimum absolute atomic E-state index is 0.136. The van der Waals surface area contributed by atoms with Gasteiger partial charge in [-0.1, -0.05) is 24.3 Å². The summed E-state index contributed by atoms with van der Waals surface area (Å²) in [6.07, 6.45) is 9.02. The van der Waals surface area contributed by atoms with Crippen molar-refractivity contribution in [1.82, 2.24) is 14.8 Å². The van der Waals surface area contributed by atoms with Crippen LogP contribution in [-0.2, 0) is 9.53 Å². The van der Waals surface area contributed by atoms with Gasteiger partial charge < -0.3 is 14.2 Å². The summed E-state index contributed by atoms with van der Waals surface area (Å²) in [6, 6.07) is 16.6. The summed E-state index contributed by atoms with van der Waals surface area (Å²) in [5.41, 5.74) is 2.32. The predicted molar refractivity (Wildman–Crippen MR) is 148 cm³/mol. The minimum Gasteiger partial charge on any atom is -0.490 e. The molecule has 0 radical (unpaired) electrons. The molecule has 0 saturated carbocycles. The Balaban J connectivity index is 1.13. The van der Waals surface area contributed by atoms with Crippen LogP contribution in [0.3, 0.4) is 0 Å². The molecule has 1 aromatic heterocycles. The van der Waals surface area contributed by atoms with E-state index in [4.69, 9.17) is 14.2 Å². The summed E-state index contributed by atoms with van der Waals surface area (Å²) in [6.45, 7) is 6.20. The normalized spacial score (nSPS) is 23.2. The van der Waals surface area contributed by atoms with Crippen LogP contribution in [0, 0.1) is 0 Å². The molecule has 0 spiro atoms. The maximum absolute atomic E-state index is 11.8. The van der Waals surface area contributed by atoms with E-state index in [0.717, 1.165) is 98.2 Å². The van der Waals surface area contributed by atoms with Crippen molar-refractivity contribution in [3.63, 3.8) is 0 Å². The van der Waals surface area contributed by atoms with Crippen molar-refractivity contribution in [2.75, 3.05) is 45.9 Å². The topological polar surface area (TPSA) is 64.1 Å². The number of piperidine rings is 1. The van der Waals surface area contributed by atoms with Gasteiger partial charge in [0, 0.05) is 43.4 Å². The Morgan fingerprint density at radius 3 is 2.55 bits per heavy atom. The number of likely N-dealkylation sites (tertiary alicyclic amines) is 2. The molecule has 2 aromatic carbocycles. The Kier molecular flexibility index (Phi) is 7.58. The predicted octanol–water partition coefficient (Wildman–Crippen LogP) is 4.93. The van der Waals surface area contributed by atoms with Gasteiger partial charge in [0.2, 0.25) is 0 Å². The van der Waals surface area contributed by atoms with Crippen molar-refractivity contribution in [1.29, 1.82) is 0 Å². The summed E-state index contributed by atoms with van der Waals surface area (Å²) in [5, 5.41) is 1.08. The second-order valence-electron chi connectivity index (χ2n) is 10.7.